The molecule has 1 saturated heterocycles. The number of rotatable bonds is 3. The zero-order valence-corrected chi connectivity index (χ0v) is 12.4. The fourth-order valence-electron chi connectivity index (χ4n) is 2.48. The average Bonchev–Trinajstić information content (AvgIpc) is 2.43. The summed E-state index contributed by atoms with van der Waals surface area (Å²) in [7, 11) is 3.85. The predicted octanol–water partition coefficient (Wildman–Crippen LogP) is 1.38. The molecule has 1 aliphatic rings. The number of carbonyl (C=O) groups excluding carboxylic acids is 2. The highest BCUT2D eigenvalue weighted by Crippen LogP contribution is 2.31. The number of hydrogen-bond acceptors (Lipinski definition) is 3. The van der Waals surface area contributed by atoms with Gasteiger partial charge in [-0.25, -0.2) is 0 Å². The number of hydrogen-bond donors (Lipinski definition) is 1. The fourth-order valence-corrected chi connectivity index (χ4v) is 2.48. The second-order valence-electron chi connectivity index (χ2n) is 5.24. The van der Waals surface area contributed by atoms with Gasteiger partial charge in [0.25, 0.3) is 0 Å². The first kappa shape index (κ1) is 14.4. The van der Waals surface area contributed by atoms with Gasteiger partial charge in [0.05, 0.1) is 11.4 Å². The number of benzene rings is 1. The van der Waals surface area contributed by atoms with Crippen LogP contribution in [-0.4, -0.2) is 38.0 Å². The summed E-state index contributed by atoms with van der Waals surface area (Å²) in [6.45, 7) is 3.65. The molecule has 2 amide bonds. The fraction of sp³-hybridized carbons (Fsp3) is 0.467. The number of piperazine rings is 1. The van der Waals surface area contributed by atoms with E-state index in [2.05, 4.69) is 5.32 Å². The van der Waals surface area contributed by atoms with Gasteiger partial charge in [-0.1, -0.05) is 19.1 Å². The van der Waals surface area contributed by atoms with Crippen LogP contribution in [0.5, 0.6) is 0 Å². The first-order valence-corrected chi connectivity index (χ1v) is 6.87. The molecule has 1 aromatic rings. The minimum atomic E-state index is -0.494. The van der Waals surface area contributed by atoms with E-state index >= 15 is 0 Å². The lowest BCUT2D eigenvalue weighted by Gasteiger charge is -2.38. The van der Waals surface area contributed by atoms with Gasteiger partial charge in [0.2, 0.25) is 11.8 Å². The van der Waals surface area contributed by atoms with Crippen molar-refractivity contribution in [1.82, 2.24) is 5.32 Å². The van der Waals surface area contributed by atoms with Crippen molar-refractivity contribution in [3.63, 3.8) is 0 Å². The molecule has 2 atom stereocenters. The normalized spacial score (nSPS) is 22.7. The lowest BCUT2D eigenvalue weighted by atomic mass is 10.0. The molecule has 0 aromatic heterocycles. The number of amides is 2. The van der Waals surface area contributed by atoms with Crippen molar-refractivity contribution in [2.24, 2.45) is 0 Å². The van der Waals surface area contributed by atoms with Crippen LogP contribution >= 0.6 is 0 Å². The number of nitrogens with one attached hydrogen (secondary N) is 1. The van der Waals surface area contributed by atoms with E-state index in [-0.39, 0.29) is 11.8 Å². The van der Waals surface area contributed by atoms with Gasteiger partial charge in [-0.2, -0.15) is 0 Å². The van der Waals surface area contributed by atoms with E-state index in [0.29, 0.717) is 6.42 Å². The second-order valence-corrected chi connectivity index (χ2v) is 5.24. The van der Waals surface area contributed by atoms with Crippen LogP contribution in [0.15, 0.2) is 24.3 Å². The first-order valence-electron chi connectivity index (χ1n) is 6.87. The summed E-state index contributed by atoms with van der Waals surface area (Å²) in [5, 5.41) is 2.77. The Morgan fingerprint density at radius 2 is 1.90 bits per heavy atom. The number of para-hydroxylation sites is 2. The quantitative estimate of drug-likeness (QED) is 0.907. The van der Waals surface area contributed by atoms with Crippen LogP contribution in [0.3, 0.4) is 0 Å². The molecule has 0 radical (unpaired) electrons. The van der Waals surface area contributed by atoms with Crippen molar-refractivity contribution >= 4 is 23.2 Å². The molecule has 0 saturated carbocycles. The zero-order valence-electron chi connectivity index (χ0n) is 12.4. The summed E-state index contributed by atoms with van der Waals surface area (Å²) in [6, 6.07) is 6.71. The Labute approximate surface area is 119 Å². The van der Waals surface area contributed by atoms with E-state index in [1.54, 1.807) is 11.8 Å². The van der Waals surface area contributed by atoms with E-state index in [1.807, 2.05) is 50.2 Å². The van der Waals surface area contributed by atoms with Crippen LogP contribution in [0.4, 0.5) is 11.4 Å². The summed E-state index contributed by atoms with van der Waals surface area (Å²) >= 11 is 0. The number of carbonyl (C=O) groups is 2. The molecule has 2 unspecified atom stereocenters. The average molecular weight is 275 g/mol. The standard InChI is InChI=1S/C15H21N3O2/c1-5-11-15(20)18(10(2)14(19)16-11)13-9-7-6-8-12(13)17(3)4/h6-11H,5H2,1-4H3,(H,16,19). The highest BCUT2D eigenvalue weighted by Gasteiger charge is 2.38. The Bertz CT molecular complexity index is 528. The molecule has 5 heteroatoms. The second kappa shape index (κ2) is 5.53. The molecule has 5 nitrogen and oxygen atoms in total. The Morgan fingerprint density at radius 3 is 2.50 bits per heavy atom. The van der Waals surface area contributed by atoms with Gasteiger partial charge in [-0.3, -0.25) is 14.5 Å². The molecule has 0 aliphatic carbocycles. The van der Waals surface area contributed by atoms with E-state index in [0.717, 1.165) is 11.4 Å². The largest absolute Gasteiger partial charge is 0.376 e. The molecular formula is C15H21N3O2. The van der Waals surface area contributed by atoms with Crippen LogP contribution in [0.2, 0.25) is 0 Å². The van der Waals surface area contributed by atoms with Crippen molar-refractivity contribution < 1.29 is 9.59 Å². The predicted molar refractivity (Wildman–Crippen MR) is 79.9 cm³/mol. The zero-order chi connectivity index (χ0) is 14.9. The molecule has 2 rings (SSSR count). The maximum absolute atomic E-state index is 12.6. The molecule has 1 heterocycles. The van der Waals surface area contributed by atoms with Gasteiger partial charge in [-0.15, -0.1) is 0 Å². The van der Waals surface area contributed by atoms with E-state index in [1.165, 1.54) is 0 Å². The van der Waals surface area contributed by atoms with Gasteiger partial charge < -0.3 is 10.2 Å². The third-order valence-electron chi connectivity index (χ3n) is 3.65. The van der Waals surface area contributed by atoms with Crippen molar-refractivity contribution in [3.8, 4) is 0 Å². The molecule has 1 aliphatic heterocycles. The van der Waals surface area contributed by atoms with E-state index in [9.17, 15) is 9.59 Å². The molecular weight excluding hydrogens is 254 g/mol. The molecule has 1 fully saturated rings. The summed E-state index contributed by atoms with van der Waals surface area (Å²) in [5.74, 6) is -0.154. The molecule has 0 spiro atoms. The van der Waals surface area contributed by atoms with E-state index in [4.69, 9.17) is 0 Å². The van der Waals surface area contributed by atoms with Crippen LogP contribution in [0.1, 0.15) is 20.3 Å². The Kier molecular flexibility index (Phi) is 3.97. The first-order chi connectivity index (χ1) is 9.47. The van der Waals surface area contributed by atoms with Crippen molar-refractivity contribution in [2.75, 3.05) is 23.9 Å². The third kappa shape index (κ3) is 2.35. The van der Waals surface area contributed by atoms with Crippen molar-refractivity contribution in [2.45, 2.75) is 32.4 Å². The van der Waals surface area contributed by atoms with Gasteiger partial charge in [0.15, 0.2) is 0 Å². The van der Waals surface area contributed by atoms with Crippen LogP contribution in [-0.2, 0) is 9.59 Å². The Balaban J connectivity index is 2.48. The van der Waals surface area contributed by atoms with Crippen LogP contribution < -0.4 is 15.1 Å². The summed E-state index contributed by atoms with van der Waals surface area (Å²) in [6.07, 6.45) is 0.595. The molecule has 1 aromatic carbocycles. The third-order valence-corrected chi connectivity index (χ3v) is 3.65. The summed E-state index contributed by atoms with van der Waals surface area (Å²) in [5.41, 5.74) is 1.71. The summed E-state index contributed by atoms with van der Waals surface area (Å²) < 4.78 is 0. The maximum atomic E-state index is 12.6. The van der Waals surface area contributed by atoms with Crippen molar-refractivity contribution in [3.05, 3.63) is 24.3 Å². The summed E-state index contributed by atoms with van der Waals surface area (Å²) in [4.78, 5) is 28.2. The monoisotopic (exact) mass is 275 g/mol. The lowest BCUT2D eigenvalue weighted by molar-refractivity contribution is -0.133. The van der Waals surface area contributed by atoms with Gasteiger partial charge in [-0.05, 0) is 25.5 Å². The SMILES string of the molecule is CCC1NC(=O)C(C)N(c2ccccc2N(C)C)C1=O. The number of anilines is 2. The minimum absolute atomic E-state index is 0.0473. The van der Waals surface area contributed by atoms with Crippen LogP contribution in [0, 0.1) is 0 Å². The lowest BCUT2D eigenvalue weighted by Crippen LogP contribution is -2.62. The molecule has 108 valence electrons. The van der Waals surface area contributed by atoms with E-state index < -0.39 is 12.1 Å². The topological polar surface area (TPSA) is 52.7 Å². The van der Waals surface area contributed by atoms with Crippen LogP contribution in [0.25, 0.3) is 0 Å². The molecule has 0 bridgehead atoms. The maximum Gasteiger partial charge on any atom is 0.250 e. The van der Waals surface area contributed by atoms with Gasteiger partial charge in [0, 0.05) is 14.1 Å². The number of nitrogens with zero attached hydrogens (tertiary/aromatic N) is 2. The Morgan fingerprint density at radius 1 is 1.25 bits per heavy atom. The molecule has 1 N–H and O–H groups in total. The Hall–Kier alpha value is -2.04. The molecule has 20 heavy (non-hydrogen) atoms. The smallest absolute Gasteiger partial charge is 0.250 e. The minimum Gasteiger partial charge on any atom is -0.376 e. The van der Waals surface area contributed by atoms with Crippen molar-refractivity contribution in [1.29, 1.82) is 0 Å². The highest BCUT2D eigenvalue weighted by molar-refractivity contribution is 6.09. The van der Waals surface area contributed by atoms with Gasteiger partial charge >= 0.3 is 0 Å². The van der Waals surface area contributed by atoms with Gasteiger partial charge in [0.1, 0.15) is 12.1 Å². The highest BCUT2D eigenvalue weighted by atomic mass is 16.2.